The Morgan fingerprint density at radius 3 is 2.78 bits per heavy atom. The van der Waals surface area contributed by atoms with Crippen LogP contribution in [0.5, 0.6) is 0 Å². The topological polar surface area (TPSA) is 32.3 Å². The predicted molar refractivity (Wildman–Crippen MR) is 97.7 cm³/mol. The average molecular weight is 353 g/mol. The maximum atomic E-state index is 12.9. The number of hydrogen-bond acceptors (Lipinski definition) is 3. The minimum Gasteiger partial charge on any atom is -0.341 e. The van der Waals surface area contributed by atoms with Crippen molar-refractivity contribution in [3.63, 3.8) is 0 Å². The number of rotatable bonds is 3. The van der Waals surface area contributed by atoms with Gasteiger partial charge in [-0.15, -0.1) is 0 Å². The highest BCUT2D eigenvalue weighted by molar-refractivity contribution is 7.98. The van der Waals surface area contributed by atoms with Gasteiger partial charge in [-0.05, 0) is 63.3 Å². The number of amides is 1. The lowest BCUT2D eigenvalue weighted by Crippen LogP contribution is -2.44. The summed E-state index contributed by atoms with van der Waals surface area (Å²) in [5.74, 6) is 0.566. The molecule has 1 spiro atoms. The van der Waals surface area contributed by atoms with Crippen molar-refractivity contribution in [2.24, 2.45) is 5.92 Å². The number of likely N-dealkylation sites (N-methyl/N-ethyl adjacent to an activating group) is 1. The predicted octanol–water partition coefficient (Wildman–Crippen LogP) is 3.99. The molecule has 0 saturated heterocycles. The SMILES string of the molecule is CC(NSC(C)(C)C)C1CC12C(=O)N(C)Cc1ccc(Cl)cc12. The van der Waals surface area contributed by atoms with E-state index in [2.05, 4.69) is 38.5 Å². The Bertz CT molecular complexity index is 642. The lowest BCUT2D eigenvalue weighted by Gasteiger charge is -2.34. The van der Waals surface area contributed by atoms with E-state index in [1.54, 1.807) is 11.9 Å². The van der Waals surface area contributed by atoms with Crippen molar-refractivity contribution in [3.8, 4) is 0 Å². The number of nitrogens with one attached hydrogen (secondary N) is 1. The molecule has 1 saturated carbocycles. The molecule has 3 nitrogen and oxygen atoms in total. The Hall–Kier alpha value is -0.710. The summed E-state index contributed by atoms with van der Waals surface area (Å²) in [6, 6.07) is 6.28. The first-order chi connectivity index (χ1) is 10.6. The van der Waals surface area contributed by atoms with E-state index < -0.39 is 0 Å². The summed E-state index contributed by atoms with van der Waals surface area (Å²) in [4.78, 5) is 14.8. The molecule has 1 aliphatic carbocycles. The minimum atomic E-state index is -0.377. The largest absolute Gasteiger partial charge is 0.341 e. The van der Waals surface area contributed by atoms with Gasteiger partial charge in [0.15, 0.2) is 0 Å². The number of hydrogen-bond donors (Lipinski definition) is 1. The smallest absolute Gasteiger partial charge is 0.233 e. The van der Waals surface area contributed by atoms with E-state index in [1.165, 1.54) is 5.56 Å². The third-order valence-corrected chi connectivity index (χ3v) is 6.19. The van der Waals surface area contributed by atoms with Crippen LogP contribution in [0.4, 0.5) is 0 Å². The molecule has 3 unspecified atom stereocenters. The highest BCUT2D eigenvalue weighted by Crippen LogP contribution is 2.60. The summed E-state index contributed by atoms with van der Waals surface area (Å²) in [5, 5.41) is 0.718. The quantitative estimate of drug-likeness (QED) is 0.835. The van der Waals surface area contributed by atoms with Gasteiger partial charge in [0, 0.05) is 29.4 Å². The third-order valence-electron chi connectivity index (χ3n) is 4.86. The van der Waals surface area contributed by atoms with Crippen molar-refractivity contribution in [1.82, 2.24) is 9.62 Å². The van der Waals surface area contributed by atoms with E-state index in [-0.39, 0.29) is 22.1 Å². The second-order valence-corrected chi connectivity index (χ2v) is 9.97. The molecular formula is C18H25ClN2OS. The molecule has 5 heteroatoms. The van der Waals surface area contributed by atoms with Gasteiger partial charge in [-0.1, -0.05) is 29.6 Å². The number of benzene rings is 1. The Morgan fingerprint density at radius 1 is 1.43 bits per heavy atom. The molecule has 1 amide bonds. The van der Waals surface area contributed by atoms with Crippen LogP contribution in [0.1, 0.15) is 45.2 Å². The van der Waals surface area contributed by atoms with Gasteiger partial charge in [-0.2, -0.15) is 0 Å². The van der Waals surface area contributed by atoms with Crippen LogP contribution in [0.15, 0.2) is 18.2 Å². The van der Waals surface area contributed by atoms with Crippen LogP contribution in [0.2, 0.25) is 5.02 Å². The van der Waals surface area contributed by atoms with E-state index in [4.69, 9.17) is 11.6 Å². The van der Waals surface area contributed by atoms with Crippen LogP contribution in [0.3, 0.4) is 0 Å². The van der Waals surface area contributed by atoms with E-state index in [9.17, 15) is 4.79 Å². The van der Waals surface area contributed by atoms with E-state index >= 15 is 0 Å². The molecule has 23 heavy (non-hydrogen) atoms. The van der Waals surface area contributed by atoms with Crippen LogP contribution in [-0.4, -0.2) is 28.6 Å². The molecule has 1 aromatic rings. The maximum absolute atomic E-state index is 12.9. The van der Waals surface area contributed by atoms with E-state index in [1.807, 2.05) is 24.1 Å². The second kappa shape index (κ2) is 5.68. The number of halogens is 1. The highest BCUT2D eigenvalue weighted by Gasteiger charge is 2.65. The van der Waals surface area contributed by atoms with Crippen LogP contribution in [-0.2, 0) is 16.8 Å². The van der Waals surface area contributed by atoms with Gasteiger partial charge in [-0.25, -0.2) is 0 Å². The molecule has 1 fully saturated rings. The van der Waals surface area contributed by atoms with Crippen molar-refractivity contribution >= 4 is 29.5 Å². The molecule has 0 bridgehead atoms. The van der Waals surface area contributed by atoms with Gasteiger partial charge in [0.05, 0.1) is 5.41 Å². The average Bonchev–Trinajstić information content (AvgIpc) is 3.20. The van der Waals surface area contributed by atoms with Crippen molar-refractivity contribution in [2.75, 3.05) is 7.05 Å². The summed E-state index contributed by atoms with van der Waals surface area (Å²) in [5.41, 5.74) is 2.00. The zero-order valence-electron chi connectivity index (χ0n) is 14.4. The number of fused-ring (bicyclic) bond motifs is 2. The third kappa shape index (κ3) is 3.01. The first kappa shape index (κ1) is 17.1. The molecule has 0 radical (unpaired) electrons. The van der Waals surface area contributed by atoms with Crippen LogP contribution in [0.25, 0.3) is 0 Å². The first-order valence-corrected chi connectivity index (χ1v) is 9.32. The summed E-state index contributed by atoms with van der Waals surface area (Å²) in [6.07, 6.45) is 0.905. The van der Waals surface area contributed by atoms with Gasteiger partial charge in [-0.3, -0.25) is 9.52 Å². The fourth-order valence-corrected chi connectivity index (χ4v) is 4.56. The van der Waals surface area contributed by atoms with Crippen molar-refractivity contribution in [1.29, 1.82) is 0 Å². The summed E-state index contributed by atoms with van der Waals surface area (Å²) in [6.45, 7) is 9.43. The number of carbonyl (C=O) groups is 1. The Labute approximate surface area is 148 Å². The molecule has 0 aromatic heterocycles. The fraction of sp³-hybridized carbons (Fsp3) is 0.611. The van der Waals surface area contributed by atoms with Crippen molar-refractivity contribution < 1.29 is 4.79 Å². The zero-order chi connectivity index (χ0) is 17.0. The molecule has 1 heterocycles. The number of carbonyl (C=O) groups excluding carboxylic acids is 1. The lowest BCUT2D eigenvalue weighted by molar-refractivity contribution is -0.134. The second-order valence-electron chi connectivity index (χ2n) is 7.87. The van der Waals surface area contributed by atoms with Crippen molar-refractivity contribution in [2.45, 2.75) is 56.9 Å². The minimum absolute atomic E-state index is 0.158. The summed E-state index contributed by atoms with van der Waals surface area (Å²) < 4.78 is 3.71. The molecule has 1 N–H and O–H groups in total. The Kier molecular flexibility index (Phi) is 4.23. The summed E-state index contributed by atoms with van der Waals surface area (Å²) >= 11 is 7.96. The number of nitrogens with zero attached hydrogens (tertiary/aromatic N) is 1. The standard InChI is InChI=1S/C18H25ClN2OS/c1-11(20-23-17(2,3)4)15-9-18(15)14-8-13(19)7-6-12(14)10-21(5)16(18)22/h6-8,11,15,20H,9-10H2,1-5H3. The fourth-order valence-electron chi connectivity index (χ4n) is 3.68. The molecule has 1 aromatic carbocycles. The van der Waals surface area contributed by atoms with Gasteiger partial charge in [0.25, 0.3) is 0 Å². The molecule has 126 valence electrons. The normalized spacial score (nSPS) is 28.0. The molecule has 3 atom stereocenters. The first-order valence-electron chi connectivity index (χ1n) is 8.13. The van der Waals surface area contributed by atoms with E-state index in [0.29, 0.717) is 12.5 Å². The maximum Gasteiger partial charge on any atom is 0.233 e. The lowest BCUT2D eigenvalue weighted by atomic mass is 9.83. The van der Waals surface area contributed by atoms with Gasteiger partial charge in [0.2, 0.25) is 5.91 Å². The van der Waals surface area contributed by atoms with Gasteiger partial charge >= 0.3 is 0 Å². The van der Waals surface area contributed by atoms with Crippen LogP contribution in [0, 0.1) is 5.92 Å². The molecule has 1 aliphatic heterocycles. The van der Waals surface area contributed by atoms with Crippen molar-refractivity contribution in [3.05, 3.63) is 34.3 Å². The zero-order valence-corrected chi connectivity index (χ0v) is 16.0. The van der Waals surface area contributed by atoms with Gasteiger partial charge < -0.3 is 4.90 Å². The molecular weight excluding hydrogens is 328 g/mol. The monoisotopic (exact) mass is 352 g/mol. The molecule has 3 rings (SSSR count). The summed E-state index contributed by atoms with van der Waals surface area (Å²) in [7, 11) is 1.90. The molecule has 2 aliphatic rings. The van der Waals surface area contributed by atoms with Crippen LogP contribution >= 0.6 is 23.5 Å². The Balaban J connectivity index is 1.88. The Morgan fingerprint density at radius 2 is 2.13 bits per heavy atom. The van der Waals surface area contributed by atoms with Crippen LogP contribution < -0.4 is 4.72 Å². The highest BCUT2D eigenvalue weighted by atomic mass is 35.5. The van der Waals surface area contributed by atoms with E-state index in [0.717, 1.165) is 17.0 Å². The van der Waals surface area contributed by atoms with Gasteiger partial charge in [0.1, 0.15) is 0 Å².